The van der Waals surface area contributed by atoms with Gasteiger partial charge < -0.3 is 15.1 Å². The first-order valence-electron chi connectivity index (χ1n) is 6.58. The van der Waals surface area contributed by atoms with Crippen LogP contribution < -0.4 is 10.6 Å². The van der Waals surface area contributed by atoms with Crippen molar-refractivity contribution in [3.8, 4) is 0 Å². The molecule has 4 nitrogen and oxygen atoms in total. The van der Waals surface area contributed by atoms with Crippen LogP contribution >= 0.6 is 0 Å². The van der Waals surface area contributed by atoms with Gasteiger partial charge in [0.2, 0.25) is 0 Å². The fourth-order valence-corrected chi connectivity index (χ4v) is 2.78. The highest BCUT2D eigenvalue weighted by Crippen LogP contribution is 2.31. The van der Waals surface area contributed by atoms with Gasteiger partial charge >= 0.3 is 0 Å². The van der Waals surface area contributed by atoms with Gasteiger partial charge in [0.15, 0.2) is 5.58 Å². The molecule has 96 valence electrons. The number of rotatable bonds is 2. The third-order valence-electron chi connectivity index (χ3n) is 3.71. The summed E-state index contributed by atoms with van der Waals surface area (Å²) >= 11 is 0. The highest BCUT2D eigenvalue weighted by Gasteiger charge is 2.30. The van der Waals surface area contributed by atoms with Crippen LogP contribution in [0.3, 0.4) is 0 Å². The molecule has 0 aliphatic carbocycles. The quantitative estimate of drug-likeness (QED) is 0.826. The molecular weight excluding hydrogens is 226 g/mol. The molecule has 1 aliphatic rings. The molecule has 4 heteroatoms. The number of anilines is 2. The number of hydrogen-bond acceptors (Lipinski definition) is 4. The summed E-state index contributed by atoms with van der Waals surface area (Å²) in [6.45, 7) is 5.54. The van der Waals surface area contributed by atoms with Gasteiger partial charge in [-0.1, -0.05) is 13.8 Å². The summed E-state index contributed by atoms with van der Waals surface area (Å²) < 4.78 is 5.85. The maximum Gasteiger partial charge on any atom is 0.298 e. The molecule has 2 heterocycles. The molecular formula is C14H19N3O. The number of nitrogens with two attached hydrogens (primary N) is 1. The van der Waals surface area contributed by atoms with Crippen molar-refractivity contribution in [3.05, 3.63) is 18.2 Å². The lowest BCUT2D eigenvalue weighted by atomic mass is 10.0. The Labute approximate surface area is 107 Å². The molecule has 1 aliphatic heterocycles. The van der Waals surface area contributed by atoms with Crippen molar-refractivity contribution in [3.63, 3.8) is 0 Å². The molecule has 0 radical (unpaired) electrons. The van der Waals surface area contributed by atoms with Gasteiger partial charge in [-0.25, -0.2) is 0 Å². The van der Waals surface area contributed by atoms with E-state index in [1.165, 1.54) is 12.8 Å². The van der Waals surface area contributed by atoms with Crippen LogP contribution in [0.5, 0.6) is 0 Å². The molecule has 1 atom stereocenters. The van der Waals surface area contributed by atoms with Crippen molar-refractivity contribution < 1.29 is 4.42 Å². The molecule has 0 amide bonds. The summed E-state index contributed by atoms with van der Waals surface area (Å²) in [5.41, 5.74) is 8.15. The minimum atomic E-state index is 0.537. The number of oxazole rings is 1. The predicted molar refractivity (Wildman–Crippen MR) is 73.6 cm³/mol. The minimum absolute atomic E-state index is 0.537. The van der Waals surface area contributed by atoms with Crippen LogP contribution in [-0.4, -0.2) is 17.6 Å². The van der Waals surface area contributed by atoms with Gasteiger partial charge in [-0.15, -0.1) is 0 Å². The summed E-state index contributed by atoms with van der Waals surface area (Å²) in [6, 6.07) is 6.88. The third kappa shape index (κ3) is 1.82. The lowest BCUT2D eigenvalue weighted by Gasteiger charge is -2.25. The minimum Gasteiger partial charge on any atom is -0.423 e. The fourth-order valence-electron chi connectivity index (χ4n) is 2.78. The number of benzene rings is 1. The molecule has 1 saturated heterocycles. The van der Waals surface area contributed by atoms with Gasteiger partial charge in [0.05, 0.1) is 0 Å². The molecule has 2 N–H and O–H groups in total. The number of fused-ring (bicyclic) bond motifs is 1. The predicted octanol–water partition coefficient (Wildman–Crippen LogP) is 3.03. The molecule has 18 heavy (non-hydrogen) atoms. The fraction of sp³-hybridized carbons (Fsp3) is 0.500. The Morgan fingerprint density at radius 3 is 3.06 bits per heavy atom. The maximum atomic E-state index is 5.85. The summed E-state index contributed by atoms with van der Waals surface area (Å²) in [6.07, 6.45) is 2.43. The van der Waals surface area contributed by atoms with E-state index in [4.69, 9.17) is 10.2 Å². The molecule has 1 fully saturated rings. The van der Waals surface area contributed by atoms with Crippen molar-refractivity contribution in [2.45, 2.75) is 32.7 Å². The van der Waals surface area contributed by atoms with E-state index in [2.05, 4.69) is 23.7 Å². The van der Waals surface area contributed by atoms with Crippen LogP contribution in [0.15, 0.2) is 22.6 Å². The van der Waals surface area contributed by atoms with Gasteiger partial charge in [-0.2, -0.15) is 4.98 Å². The van der Waals surface area contributed by atoms with E-state index in [-0.39, 0.29) is 0 Å². The molecule has 0 spiro atoms. The van der Waals surface area contributed by atoms with Crippen LogP contribution in [0.2, 0.25) is 0 Å². The monoisotopic (exact) mass is 245 g/mol. The van der Waals surface area contributed by atoms with Gasteiger partial charge in [0.25, 0.3) is 6.01 Å². The van der Waals surface area contributed by atoms with E-state index in [9.17, 15) is 0 Å². The van der Waals surface area contributed by atoms with Crippen molar-refractivity contribution in [2.75, 3.05) is 17.2 Å². The Balaban J connectivity index is 1.98. The molecule has 1 aromatic carbocycles. The Bertz CT molecular complexity index is 561. The van der Waals surface area contributed by atoms with Crippen LogP contribution in [-0.2, 0) is 0 Å². The first-order valence-corrected chi connectivity index (χ1v) is 6.58. The Morgan fingerprint density at radius 2 is 2.28 bits per heavy atom. The second-order valence-electron chi connectivity index (χ2n) is 5.37. The third-order valence-corrected chi connectivity index (χ3v) is 3.71. The SMILES string of the molecule is CC(C)C1CCCN1c1nc2cc(N)ccc2o1. The highest BCUT2D eigenvalue weighted by molar-refractivity contribution is 5.78. The Kier molecular flexibility index (Phi) is 2.65. The van der Waals surface area contributed by atoms with Crippen molar-refractivity contribution in [2.24, 2.45) is 5.92 Å². The second kappa shape index (κ2) is 4.19. The zero-order chi connectivity index (χ0) is 12.7. The number of nitrogens with zero attached hydrogens (tertiary/aromatic N) is 2. The summed E-state index contributed by atoms with van der Waals surface area (Å²) in [4.78, 5) is 6.86. The Hall–Kier alpha value is -1.71. The Morgan fingerprint density at radius 1 is 1.44 bits per heavy atom. The van der Waals surface area contributed by atoms with Crippen molar-refractivity contribution >= 4 is 22.8 Å². The lowest BCUT2D eigenvalue weighted by Crippen LogP contribution is -2.33. The summed E-state index contributed by atoms with van der Waals surface area (Å²) in [7, 11) is 0. The number of nitrogen functional groups attached to an aromatic ring is 1. The topological polar surface area (TPSA) is 55.3 Å². The van der Waals surface area contributed by atoms with Crippen molar-refractivity contribution in [1.82, 2.24) is 4.98 Å². The molecule has 2 aromatic rings. The molecule has 0 saturated carbocycles. The van der Waals surface area contributed by atoms with Gasteiger partial charge in [-0.3, -0.25) is 0 Å². The van der Waals surface area contributed by atoms with E-state index >= 15 is 0 Å². The average molecular weight is 245 g/mol. The van der Waals surface area contributed by atoms with E-state index in [0.29, 0.717) is 12.0 Å². The van der Waals surface area contributed by atoms with Gasteiger partial charge in [0, 0.05) is 18.3 Å². The van der Waals surface area contributed by atoms with Crippen LogP contribution in [0, 0.1) is 5.92 Å². The number of aromatic nitrogens is 1. The van der Waals surface area contributed by atoms with Crippen LogP contribution in [0.1, 0.15) is 26.7 Å². The summed E-state index contributed by atoms with van der Waals surface area (Å²) in [5, 5.41) is 0. The first-order chi connectivity index (χ1) is 8.65. The zero-order valence-electron chi connectivity index (χ0n) is 10.9. The molecule has 3 rings (SSSR count). The van der Waals surface area contributed by atoms with Crippen molar-refractivity contribution in [1.29, 1.82) is 0 Å². The standard InChI is InChI=1S/C14H19N3O/c1-9(2)12-4-3-7-17(12)14-16-11-8-10(15)5-6-13(11)18-14/h5-6,8-9,12H,3-4,7,15H2,1-2H3. The van der Waals surface area contributed by atoms with E-state index < -0.39 is 0 Å². The van der Waals surface area contributed by atoms with Crippen LogP contribution in [0.4, 0.5) is 11.7 Å². The van der Waals surface area contributed by atoms with E-state index in [1.54, 1.807) is 0 Å². The van der Waals surface area contributed by atoms with E-state index in [0.717, 1.165) is 29.3 Å². The summed E-state index contributed by atoms with van der Waals surface area (Å²) in [5.74, 6) is 0.618. The lowest BCUT2D eigenvalue weighted by molar-refractivity contribution is 0.461. The smallest absolute Gasteiger partial charge is 0.298 e. The van der Waals surface area contributed by atoms with Gasteiger partial charge in [0.1, 0.15) is 5.52 Å². The highest BCUT2D eigenvalue weighted by atomic mass is 16.4. The maximum absolute atomic E-state index is 5.85. The number of hydrogen-bond donors (Lipinski definition) is 1. The zero-order valence-corrected chi connectivity index (χ0v) is 10.9. The second-order valence-corrected chi connectivity index (χ2v) is 5.37. The molecule has 0 bridgehead atoms. The first kappa shape index (κ1) is 11.4. The normalized spacial score (nSPS) is 20.2. The van der Waals surface area contributed by atoms with Crippen LogP contribution in [0.25, 0.3) is 11.1 Å². The molecule has 1 unspecified atom stereocenters. The molecule has 1 aromatic heterocycles. The van der Waals surface area contributed by atoms with E-state index in [1.807, 2.05) is 18.2 Å². The average Bonchev–Trinajstić information content (AvgIpc) is 2.93. The largest absolute Gasteiger partial charge is 0.423 e. The van der Waals surface area contributed by atoms with Gasteiger partial charge in [-0.05, 0) is 37.0 Å².